The number of hydrogen-bond acceptors (Lipinski definition) is 4. The number of carbonyl (C=O) groups excluding carboxylic acids is 1. The fourth-order valence-electron chi connectivity index (χ4n) is 3.16. The minimum atomic E-state index is -0.980. The van der Waals surface area contributed by atoms with Crippen molar-refractivity contribution in [2.75, 3.05) is 6.54 Å². The number of nitrogens with zero attached hydrogens (tertiary/aromatic N) is 1. The van der Waals surface area contributed by atoms with Crippen molar-refractivity contribution in [1.29, 1.82) is 0 Å². The molecule has 3 rings (SSSR count). The molecule has 1 fully saturated rings. The van der Waals surface area contributed by atoms with E-state index in [9.17, 15) is 9.90 Å². The number of hydrogen-bond donors (Lipinski definition) is 2. The number of thiophene rings is 1. The second kappa shape index (κ2) is 7.63. The van der Waals surface area contributed by atoms with Crippen molar-refractivity contribution in [3.63, 3.8) is 0 Å². The third-order valence-corrected chi connectivity index (χ3v) is 5.62. The third kappa shape index (κ3) is 4.73. The average Bonchev–Trinajstić information content (AvgIpc) is 3.22. The molecule has 0 aliphatic carbocycles. The van der Waals surface area contributed by atoms with E-state index >= 15 is 0 Å². The normalized spacial score (nSPS) is 17.7. The quantitative estimate of drug-likeness (QED) is 0.814. The molecule has 1 aliphatic heterocycles. The summed E-state index contributed by atoms with van der Waals surface area (Å²) in [4.78, 5) is 15.6. The van der Waals surface area contributed by atoms with E-state index in [1.54, 1.807) is 13.8 Å². The van der Waals surface area contributed by atoms with Crippen LogP contribution in [0, 0.1) is 11.8 Å². The second-order valence-corrected chi connectivity index (χ2v) is 8.32. The summed E-state index contributed by atoms with van der Waals surface area (Å²) in [6, 6.07) is 12.4. The van der Waals surface area contributed by atoms with E-state index in [1.165, 1.54) is 21.8 Å². The predicted molar refractivity (Wildman–Crippen MR) is 105 cm³/mol. The lowest BCUT2D eigenvalue weighted by Crippen LogP contribution is -2.22. The molecule has 1 aliphatic rings. The molecule has 136 valence electrons. The van der Waals surface area contributed by atoms with Gasteiger partial charge >= 0.3 is 0 Å². The van der Waals surface area contributed by atoms with Gasteiger partial charge in [0, 0.05) is 23.0 Å². The van der Waals surface area contributed by atoms with Crippen LogP contribution < -0.4 is 5.73 Å². The van der Waals surface area contributed by atoms with Crippen molar-refractivity contribution in [2.45, 2.75) is 44.9 Å². The Labute approximate surface area is 158 Å². The number of nitrogens with two attached hydrogens (primary N) is 1. The fourth-order valence-corrected chi connectivity index (χ4v) is 4.18. The minimum Gasteiger partial charge on any atom is -0.378 e. The Morgan fingerprint density at radius 2 is 2.04 bits per heavy atom. The van der Waals surface area contributed by atoms with Crippen LogP contribution in [0.5, 0.6) is 0 Å². The number of aliphatic hydroxyl groups is 1. The molecule has 1 atom stereocenters. The summed E-state index contributed by atoms with van der Waals surface area (Å²) in [7, 11) is 0. The third-order valence-electron chi connectivity index (χ3n) is 4.41. The van der Waals surface area contributed by atoms with Gasteiger partial charge < -0.3 is 10.8 Å². The van der Waals surface area contributed by atoms with Gasteiger partial charge in [-0.2, -0.15) is 0 Å². The maximum absolute atomic E-state index is 11.3. The molecule has 0 spiro atoms. The van der Waals surface area contributed by atoms with E-state index in [4.69, 9.17) is 5.73 Å². The van der Waals surface area contributed by atoms with Crippen LogP contribution >= 0.6 is 11.3 Å². The molecule has 0 radical (unpaired) electrons. The van der Waals surface area contributed by atoms with Crippen LogP contribution in [0.4, 0.5) is 0 Å². The molecular weight excluding hydrogens is 344 g/mol. The summed E-state index contributed by atoms with van der Waals surface area (Å²) >= 11 is 1.51. The number of likely N-dealkylation sites (tertiary alicyclic amines) is 1. The van der Waals surface area contributed by atoms with Gasteiger partial charge in [0.1, 0.15) is 5.60 Å². The molecule has 2 aromatic rings. The summed E-state index contributed by atoms with van der Waals surface area (Å²) in [5.41, 5.74) is 6.54. The van der Waals surface area contributed by atoms with Crippen LogP contribution in [-0.2, 0) is 6.54 Å². The molecule has 1 aromatic carbocycles. The molecule has 0 saturated carbocycles. The summed E-state index contributed by atoms with van der Waals surface area (Å²) in [6.07, 6.45) is 2.26. The molecule has 4 nitrogen and oxygen atoms in total. The van der Waals surface area contributed by atoms with Crippen LogP contribution in [-0.4, -0.2) is 28.1 Å². The first-order valence-electron chi connectivity index (χ1n) is 8.80. The largest absolute Gasteiger partial charge is 0.378 e. The van der Waals surface area contributed by atoms with Crippen LogP contribution in [0.15, 0.2) is 36.4 Å². The first kappa shape index (κ1) is 18.7. The lowest BCUT2D eigenvalue weighted by Gasteiger charge is -2.23. The van der Waals surface area contributed by atoms with Gasteiger partial charge in [-0.1, -0.05) is 24.0 Å². The summed E-state index contributed by atoms with van der Waals surface area (Å²) in [5, 5.41) is 9.69. The summed E-state index contributed by atoms with van der Waals surface area (Å²) < 4.78 is 0. The van der Waals surface area contributed by atoms with Gasteiger partial charge in [-0.05, 0) is 63.1 Å². The zero-order chi connectivity index (χ0) is 18.7. The highest BCUT2D eigenvalue weighted by molar-refractivity contribution is 7.14. The second-order valence-electron chi connectivity index (χ2n) is 7.20. The number of carbonyl (C=O) groups is 1. The van der Waals surface area contributed by atoms with Gasteiger partial charge in [-0.25, -0.2) is 0 Å². The Morgan fingerprint density at radius 3 is 2.65 bits per heavy atom. The monoisotopic (exact) mass is 368 g/mol. The highest BCUT2D eigenvalue weighted by Gasteiger charge is 2.27. The molecule has 26 heavy (non-hydrogen) atoms. The predicted octanol–water partition coefficient (Wildman–Crippen LogP) is 3.31. The molecule has 1 saturated heterocycles. The topological polar surface area (TPSA) is 66.6 Å². The lowest BCUT2D eigenvalue weighted by atomic mass is 10.1. The Bertz CT molecular complexity index is 837. The van der Waals surface area contributed by atoms with Gasteiger partial charge in [0.25, 0.3) is 5.91 Å². The van der Waals surface area contributed by atoms with Crippen LogP contribution in [0.3, 0.4) is 0 Å². The average molecular weight is 369 g/mol. The van der Waals surface area contributed by atoms with E-state index < -0.39 is 5.60 Å². The van der Waals surface area contributed by atoms with E-state index in [0.717, 1.165) is 31.5 Å². The Morgan fingerprint density at radius 1 is 1.31 bits per heavy atom. The van der Waals surface area contributed by atoms with Crippen molar-refractivity contribution in [2.24, 2.45) is 5.73 Å². The zero-order valence-electron chi connectivity index (χ0n) is 15.2. The standard InChI is InChI=1S/C21H24N2O2S/c1-21(2,25)12-11-15-5-7-16(8-6-15)14-23-13-3-4-17(23)18-9-10-19(26-18)20(22)24/h5-10,17,25H,3-4,13-14H2,1-2H3,(H2,22,24). The Balaban J connectivity index is 1.69. The highest BCUT2D eigenvalue weighted by Crippen LogP contribution is 2.36. The minimum absolute atomic E-state index is 0.350. The molecule has 2 heterocycles. The van der Waals surface area contributed by atoms with E-state index in [0.29, 0.717) is 10.9 Å². The summed E-state index contributed by atoms with van der Waals surface area (Å²) in [6.45, 7) is 5.27. The van der Waals surface area contributed by atoms with E-state index in [-0.39, 0.29) is 5.91 Å². The van der Waals surface area contributed by atoms with Crippen molar-refractivity contribution in [3.05, 3.63) is 57.3 Å². The molecular formula is C21H24N2O2S. The first-order valence-corrected chi connectivity index (χ1v) is 9.61. The first-order chi connectivity index (χ1) is 12.3. The number of benzene rings is 1. The SMILES string of the molecule is CC(C)(O)C#Cc1ccc(CN2CCCC2c2ccc(C(N)=O)s2)cc1. The smallest absolute Gasteiger partial charge is 0.258 e. The molecule has 5 heteroatoms. The van der Waals surface area contributed by atoms with E-state index in [2.05, 4.69) is 28.9 Å². The highest BCUT2D eigenvalue weighted by atomic mass is 32.1. The lowest BCUT2D eigenvalue weighted by molar-refractivity contribution is 0.100. The van der Waals surface area contributed by atoms with Crippen molar-refractivity contribution in [1.82, 2.24) is 4.90 Å². The van der Waals surface area contributed by atoms with Crippen molar-refractivity contribution < 1.29 is 9.90 Å². The summed E-state index contributed by atoms with van der Waals surface area (Å²) in [5.74, 6) is 5.47. The van der Waals surface area contributed by atoms with Gasteiger partial charge in [0.05, 0.1) is 4.88 Å². The number of primary amides is 1. The maximum atomic E-state index is 11.3. The number of rotatable bonds is 4. The van der Waals surface area contributed by atoms with Crippen molar-refractivity contribution >= 4 is 17.2 Å². The zero-order valence-corrected chi connectivity index (χ0v) is 16.0. The molecule has 1 unspecified atom stereocenters. The van der Waals surface area contributed by atoms with Gasteiger partial charge in [0.2, 0.25) is 0 Å². The van der Waals surface area contributed by atoms with Crippen LogP contribution in [0.25, 0.3) is 0 Å². The Hall–Kier alpha value is -2.13. The van der Waals surface area contributed by atoms with E-state index in [1.807, 2.05) is 24.3 Å². The Kier molecular flexibility index (Phi) is 5.47. The van der Waals surface area contributed by atoms with Crippen LogP contribution in [0.1, 0.15) is 58.4 Å². The fraction of sp³-hybridized carbons (Fsp3) is 0.381. The molecule has 1 aromatic heterocycles. The van der Waals surface area contributed by atoms with Gasteiger partial charge in [-0.3, -0.25) is 9.69 Å². The van der Waals surface area contributed by atoms with Crippen LogP contribution in [0.2, 0.25) is 0 Å². The molecule has 3 N–H and O–H groups in total. The maximum Gasteiger partial charge on any atom is 0.258 e. The van der Waals surface area contributed by atoms with Crippen molar-refractivity contribution in [3.8, 4) is 11.8 Å². The number of amides is 1. The van der Waals surface area contributed by atoms with Gasteiger partial charge in [0.15, 0.2) is 0 Å². The van der Waals surface area contributed by atoms with Gasteiger partial charge in [-0.15, -0.1) is 11.3 Å². The molecule has 0 bridgehead atoms. The molecule has 1 amide bonds.